The third-order valence-corrected chi connectivity index (χ3v) is 19.6. The molecule has 2 aliphatic heterocycles. The molecule has 0 aliphatic carbocycles. The van der Waals surface area contributed by atoms with Gasteiger partial charge in [0, 0.05) is 78.2 Å². The third-order valence-electron chi connectivity index (χ3n) is 19.6. The Hall–Kier alpha value is -13.4. The average Bonchev–Trinajstić information content (AvgIpc) is 0.732. The topological polar surface area (TPSA) is 75.9 Å². The first-order valence-electron chi connectivity index (χ1n) is 33.9. The Kier molecular flexibility index (Phi) is 14.1. The summed E-state index contributed by atoms with van der Waals surface area (Å²) in [6.07, 6.45) is 0. The van der Waals surface area contributed by atoms with Crippen molar-refractivity contribution in [2.45, 2.75) is 0 Å². The predicted octanol–water partition coefficient (Wildman–Crippen LogP) is 20.8. The Labute approximate surface area is 579 Å². The first-order valence-corrected chi connectivity index (χ1v) is 33.9. The van der Waals surface area contributed by atoms with E-state index < -0.39 is 0 Å². The first-order chi connectivity index (χ1) is 49.6. The molecule has 3 aromatic heterocycles. The number of fused-ring (bicyclic) bond motifs is 7. The summed E-state index contributed by atoms with van der Waals surface area (Å²) < 4.78 is 2.40. The van der Waals surface area contributed by atoms with Gasteiger partial charge in [-0.3, -0.25) is 0 Å². The molecule has 0 saturated carbocycles. The molecule has 0 saturated heterocycles. The SMILES string of the molecule is c1ccc(-c2ccc3c(c2)c2cc(-c4ccccc4)ccc2n3-c2ccc(-c3cc(-c4ccccc4)nc(-c4ccccc4)n3)cc2-c2nc(-c3ccccc3)nc(-c3cccc(-c4ccc5c6c4N(c4ccccc4)c4ccccc4B6c4ccccc4N5c4ccccc4)c3)n2)cc1. The standard InChI is InChI=1S/C91H59BN8/c1-8-27-60(28-9-1)65-47-51-80-73(56-65)74-57-66(61-29-10-2-11-30-61)48-52-81(74)100(80)82-53-49-68(79-59-78(62-31-12-3-13-32-62)93-88(94-79)63-33-14-4-15-34-63)58-75(82)91-96-89(64-35-16-5-17-36-64)95-90(97-91)69-38-26-37-67(55-69)72-50-54-85-86-87(72)99(71-41-20-7-21-42-71)84-46-25-23-44-77(84)92(86)76-43-22-24-45-83(76)98(85)70-39-18-6-19-40-70/h1-59H. The molecule has 0 atom stereocenters. The largest absolute Gasteiger partial charge is 0.311 e. The van der Waals surface area contributed by atoms with Crippen molar-refractivity contribution in [3.05, 3.63) is 358 Å². The van der Waals surface area contributed by atoms with Gasteiger partial charge in [-0.15, -0.1) is 0 Å². The summed E-state index contributed by atoms with van der Waals surface area (Å²) in [5, 5.41) is 2.24. The molecule has 0 N–H and O–H groups in total. The van der Waals surface area contributed by atoms with Gasteiger partial charge in [0.05, 0.1) is 33.8 Å². The van der Waals surface area contributed by atoms with Crippen LogP contribution in [-0.2, 0) is 0 Å². The highest BCUT2D eigenvalue weighted by atomic mass is 15.2. The molecule has 5 heterocycles. The lowest BCUT2D eigenvalue weighted by Gasteiger charge is -2.45. The van der Waals surface area contributed by atoms with Gasteiger partial charge >= 0.3 is 0 Å². The molecule has 2 aliphatic rings. The molecule has 100 heavy (non-hydrogen) atoms. The molecule has 0 fully saturated rings. The van der Waals surface area contributed by atoms with Crippen molar-refractivity contribution >= 4 is 79.0 Å². The van der Waals surface area contributed by atoms with E-state index in [1.807, 2.05) is 42.5 Å². The van der Waals surface area contributed by atoms with E-state index in [0.717, 1.165) is 134 Å². The average molecular weight is 1280 g/mol. The van der Waals surface area contributed by atoms with Gasteiger partial charge in [0.25, 0.3) is 6.71 Å². The van der Waals surface area contributed by atoms with Crippen LogP contribution in [-0.4, -0.2) is 36.2 Å². The van der Waals surface area contributed by atoms with Gasteiger partial charge in [-0.1, -0.05) is 267 Å². The minimum atomic E-state index is -0.0616. The Morgan fingerprint density at radius 1 is 0.230 bits per heavy atom. The van der Waals surface area contributed by atoms with E-state index in [4.69, 9.17) is 24.9 Å². The number of nitrogens with zero attached hydrogens (tertiary/aromatic N) is 8. The summed E-state index contributed by atoms with van der Waals surface area (Å²) in [4.78, 5) is 32.4. The van der Waals surface area contributed by atoms with Crippen LogP contribution in [0, 0.1) is 0 Å². The van der Waals surface area contributed by atoms with Crippen molar-refractivity contribution in [2.75, 3.05) is 9.80 Å². The summed E-state index contributed by atoms with van der Waals surface area (Å²) >= 11 is 0. The van der Waals surface area contributed by atoms with Crippen LogP contribution in [0.3, 0.4) is 0 Å². The zero-order chi connectivity index (χ0) is 66.0. The van der Waals surface area contributed by atoms with Crippen molar-refractivity contribution in [3.63, 3.8) is 0 Å². The quantitative estimate of drug-likeness (QED) is 0.113. The molecule has 0 amide bonds. The van der Waals surface area contributed by atoms with Crippen LogP contribution >= 0.6 is 0 Å². The molecule has 17 aromatic rings. The van der Waals surface area contributed by atoms with Gasteiger partial charge in [-0.05, 0) is 135 Å². The molecule has 8 nitrogen and oxygen atoms in total. The van der Waals surface area contributed by atoms with Gasteiger partial charge in [0.1, 0.15) is 0 Å². The summed E-state index contributed by atoms with van der Waals surface area (Å²) in [7, 11) is 0. The van der Waals surface area contributed by atoms with E-state index in [2.05, 4.69) is 330 Å². The highest BCUT2D eigenvalue weighted by Gasteiger charge is 2.44. The lowest BCUT2D eigenvalue weighted by atomic mass is 9.33. The summed E-state index contributed by atoms with van der Waals surface area (Å²) in [6.45, 7) is -0.0616. The fraction of sp³-hybridized carbons (Fsp3) is 0. The van der Waals surface area contributed by atoms with Crippen molar-refractivity contribution in [1.82, 2.24) is 29.5 Å². The predicted molar refractivity (Wildman–Crippen MR) is 413 cm³/mol. The zero-order valence-corrected chi connectivity index (χ0v) is 54.2. The second kappa shape index (κ2) is 24.4. The maximum absolute atomic E-state index is 5.75. The molecule has 466 valence electrons. The first kappa shape index (κ1) is 58.0. The van der Waals surface area contributed by atoms with Crippen LogP contribution in [0.5, 0.6) is 0 Å². The Balaban J connectivity index is 0.853. The molecule has 14 aromatic carbocycles. The second-order valence-corrected chi connectivity index (χ2v) is 25.5. The van der Waals surface area contributed by atoms with Crippen LogP contribution in [0.4, 0.5) is 34.1 Å². The van der Waals surface area contributed by atoms with E-state index in [1.54, 1.807) is 0 Å². The zero-order valence-electron chi connectivity index (χ0n) is 54.2. The highest BCUT2D eigenvalue weighted by Crippen LogP contribution is 2.49. The number of rotatable bonds is 12. The smallest absolute Gasteiger partial charge is 0.252 e. The van der Waals surface area contributed by atoms with Crippen LogP contribution in [0.1, 0.15) is 0 Å². The van der Waals surface area contributed by atoms with Crippen molar-refractivity contribution in [1.29, 1.82) is 0 Å². The van der Waals surface area contributed by atoms with E-state index in [1.165, 1.54) is 22.1 Å². The third kappa shape index (κ3) is 10.1. The van der Waals surface area contributed by atoms with E-state index in [0.29, 0.717) is 23.3 Å². The van der Waals surface area contributed by atoms with Gasteiger partial charge < -0.3 is 14.4 Å². The van der Waals surface area contributed by atoms with Gasteiger partial charge in [0.15, 0.2) is 23.3 Å². The summed E-state index contributed by atoms with van der Waals surface area (Å²) in [6, 6.07) is 127. The maximum atomic E-state index is 5.75. The van der Waals surface area contributed by atoms with E-state index >= 15 is 0 Å². The Morgan fingerprint density at radius 3 is 1.22 bits per heavy atom. The molecule has 0 spiro atoms. The minimum absolute atomic E-state index is 0.0616. The molecule has 0 bridgehead atoms. The number of benzene rings is 14. The lowest BCUT2D eigenvalue weighted by Crippen LogP contribution is -2.61. The Morgan fingerprint density at radius 2 is 0.650 bits per heavy atom. The number of hydrogen-bond acceptors (Lipinski definition) is 7. The molecule has 9 heteroatoms. The lowest BCUT2D eigenvalue weighted by molar-refractivity contribution is 1.06. The van der Waals surface area contributed by atoms with E-state index in [-0.39, 0.29) is 6.71 Å². The van der Waals surface area contributed by atoms with Crippen LogP contribution in [0.2, 0.25) is 0 Å². The highest BCUT2D eigenvalue weighted by molar-refractivity contribution is 7.00. The van der Waals surface area contributed by atoms with E-state index in [9.17, 15) is 0 Å². The molecule has 19 rings (SSSR count). The molecule has 0 radical (unpaired) electrons. The van der Waals surface area contributed by atoms with Gasteiger partial charge in [-0.25, -0.2) is 24.9 Å². The van der Waals surface area contributed by atoms with Gasteiger partial charge in [0.2, 0.25) is 0 Å². The summed E-state index contributed by atoms with van der Waals surface area (Å²) in [5.41, 5.74) is 27.0. The fourth-order valence-corrected chi connectivity index (χ4v) is 15.1. The molecular formula is C91H59BN8. The van der Waals surface area contributed by atoms with Crippen molar-refractivity contribution in [2.24, 2.45) is 0 Å². The number of hydrogen-bond donors (Lipinski definition) is 0. The van der Waals surface area contributed by atoms with Crippen LogP contribution in [0.15, 0.2) is 358 Å². The monoisotopic (exact) mass is 1270 g/mol. The second-order valence-electron chi connectivity index (χ2n) is 25.5. The van der Waals surface area contributed by atoms with Crippen molar-refractivity contribution < 1.29 is 0 Å². The summed E-state index contributed by atoms with van der Waals surface area (Å²) in [5.74, 6) is 2.20. The number of aromatic nitrogens is 6. The molecule has 0 unspecified atom stereocenters. The number of para-hydroxylation sites is 4. The fourth-order valence-electron chi connectivity index (χ4n) is 15.1. The van der Waals surface area contributed by atoms with Crippen LogP contribution < -0.4 is 26.2 Å². The van der Waals surface area contributed by atoms with Gasteiger partial charge in [-0.2, -0.15) is 0 Å². The molecular weight excluding hydrogens is 1220 g/mol. The van der Waals surface area contributed by atoms with Crippen LogP contribution in [0.25, 0.3) is 129 Å². The van der Waals surface area contributed by atoms with Crippen molar-refractivity contribution in [3.8, 4) is 107 Å². The minimum Gasteiger partial charge on any atom is -0.311 e. The maximum Gasteiger partial charge on any atom is 0.252 e. The Bertz CT molecular complexity index is 5810. The normalized spacial score (nSPS) is 12.1. The number of anilines is 6.